The average molecular weight is 449 g/mol. The maximum Gasteiger partial charge on any atom is 0.264 e. The number of halogens is 2. The molecule has 30 heavy (non-hydrogen) atoms. The highest BCUT2D eigenvalue weighted by Crippen LogP contribution is 2.28. The largest absolute Gasteiger partial charge is 0.495 e. The molecule has 0 aromatic heterocycles. The van der Waals surface area contributed by atoms with Crippen molar-refractivity contribution in [2.75, 3.05) is 23.3 Å². The Morgan fingerprint density at radius 2 is 1.73 bits per heavy atom. The number of carbonyl (C=O) groups excluding carboxylic acids is 1. The molecule has 156 valence electrons. The third kappa shape index (κ3) is 4.90. The molecule has 0 bridgehead atoms. The number of ether oxygens (including phenoxy) is 1. The van der Waals surface area contributed by atoms with E-state index < -0.39 is 28.3 Å². The van der Waals surface area contributed by atoms with Crippen molar-refractivity contribution in [3.05, 3.63) is 83.6 Å². The molecule has 0 atom stereocenters. The Morgan fingerprint density at radius 3 is 2.33 bits per heavy atom. The van der Waals surface area contributed by atoms with E-state index in [1.807, 2.05) is 0 Å². The third-order valence-corrected chi connectivity index (χ3v) is 6.25. The first-order chi connectivity index (χ1) is 14.3. The lowest BCUT2D eigenvalue weighted by Gasteiger charge is -2.24. The summed E-state index contributed by atoms with van der Waals surface area (Å²) in [6.45, 7) is -0.521. The van der Waals surface area contributed by atoms with E-state index in [4.69, 9.17) is 16.3 Å². The van der Waals surface area contributed by atoms with Gasteiger partial charge in [-0.3, -0.25) is 9.10 Å². The monoisotopic (exact) mass is 448 g/mol. The highest BCUT2D eigenvalue weighted by Gasteiger charge is 2.27. The fourth-order valence-electron chi connectivity index (χ4n) is 2.72. The summed E-state index contributed by atoms with van der Waals surface area (Å²) in [7, 11) is -2.60. The van der Waals surface area contributed by atoms with Gasteiger partial charge >= 0.3 is 0 Å². The van der Waals surface area contributed by atoms with E-state index in [-0.39, 0.29) is 10.6 Å². The zero-order chi connectivity index (χ0) is 21.7. The zero-order valence-electron chi connectivity index (χ0n) is 15.9. The first-order valence-electron chi connectivity index (χ1n) is 8.78. The molecule has 0 heterocycles. The number of nitrogens with one attached hydrogen (secondary N) is 1. The standard InChI is InChI=1S/C21H18ClFN2O4S/c1-29-20-12-9-16(13-19(20)22)24-21(26)14-25(17-10-7-15(23)8-11-17)30(27,28)18-5-3-2-4-6-18/h2-13H,14H2,1H3,(H,24,26). The number of amides is 1. The van der Waals surface area contributed by atoms with Gasteiger partial charge in [-0.05, 0) is 54.6 Å². The van der Waals surface area contributed by atoms with Gasteiger partial charge in [-0.2, -0.15) is 0 Å². The van der Waals surface area contributed by atoms with Gasteiger partial charge in [0.1, 0.15) is 18.1 Å². The summed E-state index contributed by atoms with van der Waals surface area (Å²) in [4.78, 5) is 12.7. The summed E-state index contributed by atoms with van der Waals surface area (Å²) in [5.41, 5.74) is 0.533. The van der Waals surface area contributed by atoms with Gasteiger partial charge in [0.05, 0.1) is 22.7 Å². The molecule has 6 nitrogen and oxygen atoms in total. The molecule has 9 heteroatoms. The summed E-state index contributed by atoms with van der Waals surface area (Å²) in [5, 5.41) is 2.90. The van der Waals surface area contributed by atoms with Crippen LogP contribution >= 0.6 is 11.6 Å². The molecule has 0 saturated carbocycles. The number of benzene rings is 3. The summed E-state index contributed by atoms with van der Waals surface area (Å²) in [5.74, 6) is -0.678. The van der Waals surface area contributed by atoms with Crippen molar-refractivity contribution in [1.29, 1.82) is 0 Å². The van der Waals surface area contributed by atoms with Gasteiger partial charge in [-0.1, -0.05) is 29.8 Å². The van der Waals surface area contributed by atoms with Crippen molar-refractivity contribution in [3.63, 3.8) is 0 Å². The number of hydrogen-bond donors (Lipinski definition) is 1. The predicted octanol–water partition coefficient (Wildman–Crippen LogP) is 4.32. The minimum Gasteiger partial charge on any atom is -0.495 e. The highest BCUT2D eigenvalue weighted by molar-refractivity contribution is 7.92. The van der Waals surface area contributed by atoms with Crippen LogP contribution in [0.25, 0.3) is 0 Å². The first kappa shape index (κ1) is 21.6. The van der Waals surface area contributed by atoms with E-state index in [1.54, 1.807) is 30.3 Å². The van der Waals surface area contributed by atoms with Gasteiger partial charge < -0.3 is 10.1 Å². The molecule has 0 spiro atoms. The lowest BCUT2D eigenvalue weighted by Crippen LogP contribution is -2.38. The Hall–Kier alpha value is -3.10. The van der Waals surface area contributed by atoms with Gasteiger partial charge in [0.25, 0.3) is 10.0 Å². The van der Waals surface area contributed by atoms with Gasteiger partial charge in [0.15, 0.2) is 0 Å². The van der Waals surface area contributed by atoms with Crippen molar-refractivity contribution < 1.29 is 22.3 Å². The smallest absolute Gasteiger partial charge is 0.264 e. The van der Waals surface area contributed by atoms with Gasteiger partial charge in [-0.25, -0.2) is 12.8 Å². The summed E-state index contributed by atoms with van der Waals surface area (Å²) < 4.78 is 45.7. The SMILES string of the molecule is COc1ccc(NC(=O)CN(c2ccc(F)cc2)S(=O)(=O)c2ccccc2)cc1Cl. The fourth-order valence-corrected chi connectivity index (χ4v) is 4.42. The molecule has 0 aliphatic rings. The lowest BCUT2D eigenvalue weighted by atomic mass is 10.3. The number of nitrogens with zero attached hydrogens (tertiary/aromatic N) is 1. The second kappa shape index (κ2) is 9.15. The van der Waals surface area contributed by atoms with Crippen LogP contribution in [0.2, 0.25) is 5.02 Å². The Kier molecular flexibility index (Phi) is 6.59. The third-order valence-electron chi connectivity index (χ3n) is 4.17. The molecule has 3 aromatic rings. The number of rotatable bonds is 7. The molecular formula is C21H18ClFN2O4S. The van der Waals surface area contributed by atoms with E-state index in [9.17, 15) is 17.6 Å². The molecule has 0 aliphatic heterocycles. The Labute approximate surface area is 178 Å². The zero-order valence-corrected chi connectivity index (χ0v) is 17.5. The van der Waals surface area contributed by atoms with Crippen molar-refractivity contribution in [2.45, 2.75) is 4.90 Å². The van der Waals surface area contributed by atoms with Crippen LogP contribution in [-0.2, 0) is 14.8 Å². The molecule has 0 saturated heterocycles. The van der Waals surface area contributed by atoms with Gasteiger partial charge in [-0.15, -0.1) is 0 Å². The summed E-state index contributed by atoms with van der Waals surface area (Å²) in [6.07, 6.45) is 0. The van der Waals surface area contributed by atoms with Crippen LogP contribution in [0.4, 0.5) is 15.8 Å². The van der Waals surface area contributed by atoms with Crippen LogP contribution in [0.15, 0.2) is 77.7 Å². The maximum absolute atomic E-state index is 13.3. The van der Waals surface area contributed by atoms with E-state index >= 15 is 0 Å². The average Bonchev–Trinajstić information content (AvgIpc) is 2.73. The minimum absolute atomic E-state index is 0.00890. The molecule has 0 fully saturated rings. The van der Waals surface area contributed by atoms with Crippen molar-refractivity contribution in [3.8, 4) is 5.75 Å². The number of methoxy groups -OCH3 is 1. The molecule has 3 rings (SSSR count). The van der Waals surface area contributed by atoms with Crippen LogP contribution in [-0.4, -0.2) is 28.0 Å². The topological polar surface area (TPSA) is 75.7 Å². The predicted molar refractivity (Wildman–Crippen MR) is 114 cm³/mol. The molecule has 0 radical (unpaired) electrons. The van der Waals surface area contributed by atoms with Crippen molar-refractivity contribution in [2.24, 2.45) is 0 Å². The molecule has 0 unspecified atom stereocenters. The Balaban J connectivity index is 1.90. The minimum atomic E-state index is -4.07. The number of anilines is 2. The van der Waals surface area contributed by atoms with Crippen LogP contribution < -0.4 is 14.4 Å². The quantitative estimate of drug-likeness (QED) is 0.584. The summed E-state index contributed by atoms with van der Waals surface area (Å²) in [6, 6.07) is 17.2. The number of carbonyl (C=O) groups is 1. The molecule has 1 N–H and O–H groups in total. The Bertz CT molecular complexity index is 1140. The van der Waals surface area contributed by atoms with E-state index in [0.29, 0.717) is 16.5 Å². The first-order valence-corrected chi connectivity index (χ1v) is 10.6. The van der Waals surface area contributed by atoms with Crippen molar-refractivity contribution in [1.82, 2.24) is 0 Å². The molecular weight excluding hydrogens is 431 g/mol. The Morgan fingerprint density at radius 1 is 1.07 bits per heavy atom. The molecule has 1 amide bonds. The van der Waals surface area contributed by atoms with Crippen LogP contribution in [0.3, 0.4) is 0 Å². The van der Waals surface area contributed by atoms with Gasteiger partial charge in [0, 0.05) is 5.69 Å². The molecule has 3 aromatic carbocycles. The van der Waals surface area contributed by atoms with Crippen molar-refractivity contribution >= 4 is 38.9 Å². The van der Waals surface area contributed by atoms with Gasteiger partial charge in [0.2, 0.25) is 5.91 Å². The lowest BCUT2D eigenvalue weighted by molar-refractivity contribution is -0.114. The second-order valence-electron chi connectivity index (χ2n) is 6.20. The molecule has 0 aliphatic carbocycles. The number of sulfonamides is 1. The summed E-state index contributed by atoms with van der Waals surface area (Å²) >= 11 is 6.06. The van der Waals surface area contributed by atoms with Crippen LogP contribution in [0.5, 0.6) is 5.75 Å². The van der Waals surface area contributed by atoms with E-state index in [2.05, 4.69) is 5.32 Å². The highest BCUT2D eigenvalue weighted by atomic mass is 35.5. The normalized spacial score (nSPS) is 11.0. The number of hydrogen-bond acceptors (Lipinski definition) is 4. The van der Waals surface area contributed by atoms with E-state index in [0.717, 1.165) is 16.4 Å². The fraction of sp³-hybridized carbons (Fsp3) is 0.0952. The van der Waals surface area contributed by atoms with Crippen LogP contribution in [0, 0.1) is 5.82 Å². The maximum atomic E-state index is 13.3. The van der Waals surface area contributed by atoms with Crippen LogP contribution in [0.1, 0.15) is 0 Å². The van der Waals surface area contributed by atoms with E-state index in [1.165, 1.54) is 37.4 Å². The second-order valence-corrected chi connectivity index (χ2v) is 8.47.